The van der Waals surface area contributed by atoms with Crippen molar-refractivity contribution < 1.29 is 0 Å². The van der Waals surface area contributed by atoms with Crippen LogP contribution in [0.25, 0.3) is 33.1 Å². The van der Waals surface area contributed by atoms with Gasteiger partial charge in [-0.3, -0.25) is 0 Å². The van der Waals surface area contributed by atoms with Crippen LogP contribution < -0.4 is 0 Å². The number of halogens is 3. The second-order valence-corrected chi connectivity index (χ2v) is 12.9. The number of imidazole rings is 3. The zero-order chi connectivity index (χ0) is 30.6. The van der Waals surface area contributed by atoms with Crippen LogP contribution in [0.1, 0.15) is 39.8 Å². The van der Waals surface area contributed by atoms with E-state index in [-0.39, 0.29) is 0 Å². The van der Waals surface area contributed by atoms with Crippen molar-refractivity contribution in [3.05, 3.63) is 52.6 Å². The quantitative estimate of drug-likeness (QED) is 0.141. The SMILES string of the molecule is CSc1nc(Cl)cc2[nH]cnc12.CSc1nc(Cl)cc2c1ncn2C(C)C.CSc1nc(Cl)cc2ncn(C(C)C)c12. The van der Waals surface area contributed by atoms with Gasteiger partial charge in [-0.25, -0.2) is 29.9 Å². The predicted octanol–water partition coefficient (Wildman–Crippen LogP) is 9.11. The van der Waals surface area contributed by atoms with Gasteiger partial charge in [0.1, 0.15) is 47.1 Å². The Labute approximate surface area is 272 Å². The van der Waals surface area contributed by atoms with E-state index in [1.807, 2.05) is 37.5 Å². The first-order valence-corrected chi connectivity index (χ1v) is 17.6. The molecule has 6 aromatic heterocycles. The Kier molecular flexibility index (Phi) is 11.3. The number of thioether (sulfide) groups is 3. The molecule has 15 heteroatoms. The number of nitrogens with one attached hydrogen (secondary N) is 1. The largest absolute Gasteiger partial charge is 0.344 e. The molecule has 0 aliphatic carbocycles. The van der Waals surface area contributed by atoms with E-state index >= 15 is 0 Å². The third-order valence-corrected chi connectivity index (χ3v) is 8.62. The zero-order valence-electron chi connectivity index (χ0n) is 24.1. The highest BCUT2D eigenvalue weighted by atomic mass is 35.5. The second kappa shape index (κ2) is 14.5. The lowest BCUT2D eigenvalue weighted by Gasteiger charge is -2.09. The highest BCUT2D eigenvalue weighted by Gasteiger charge is 2.13. The predicted molar refractivity (Wildman–Crippen MR) is 180 cm³/mol. The van der Waals surface area contributed by atoms with Crippen molar-refractivity contribution in [2.75, 3.05) is 18.8 Å². The lowest BCUT2D eigenvalue weighted by Crippen LogP contribution is -2.00. The van der Waals surface area contributed by atoms with Gasteiger partial charge in [0, 0.05) is 30.3 Å². The van der Waals surface area contributed by atoms with Gasteiger partial charge in [0.05, 0.1) is 35.5 Å². The molecule has 222 valence electrons. The number of H-pyrrole nitrogens is 1. The maximum atomic E-state index is 5.97. The van der Waals surface area contributed by atoms with Crippen LogP contribution in [0.3, 0.4) is 0 Å². The number of hydrogen-bond acceptors (Lipinski definition) is 9. The Morgan fingerprint density at radius 2 is 1.21 bits per heavy atom. The topological polar surface area (TPSA) is 103 Å². The van der Waals surface area contributed by atoms with Crippen molar-refractivity contribution in [1.29, 1.82) is 0 Å². The summed E-state index contributed by atoms with van der Waals surface area (Å²) >= 11 is 22.4. The van der Waals surface area contributed by atoms with E-state index in [1.54, 1.807) is 42.0 Å². The third kappa shape index (κ3) is 7.28. The molecule has 0 saturated heterocycles. The van der Waals surface area contributed by atoms with Crippen LogP contribution in [0.15, 0.2) is 52.3 Å². The lowest BCUT2D eigenvalue weighted by molar-refractivity contribution is 0.613. The Balaban J connectivity index is 0.000000146. The monoisotopic (exact) mass is 681 g/mol. The second-order valence-electron chi connectivity index (χ2n) is 9.39. The first kappa shape index (κ1) is 32.7. The van der Waals surface area contributed by atoms with Crippen molar-refractivity contribution in [3.63, 3.8) is 0 Å². The minimum absolute atomic E-state index is 0.378. The van der Waals surface area contributed by atoms with Gasteiger partial charge < -0.3 is 14.1 Å². The molecule has 6 heterocycles. The van der Waals surface area contributed by atoms with Crippen molar-refractivity contribution in [2.45, 2.75) is 54.9 Å². The van der Waals surface area contributed by atoms with E-state index in [4.69, 9.17) is 34.8 Å². The van der Waals surface area contributed by atoms with Crippen LogP contribution in [0.2, 0.25) is 15.5 Å². The fourth-order valence-corrected chi connectivity index (χ4v) is 6.48. The normalized spacial score (nSPS) is 11.3. The number of hydrogen-bond donors (Lipinski definition) is 1. The van der Waals surface area contributed by atoms with E-state index in [1.165, 1.54) is 11.8 Å². The fraction of sp³-hybridized carbons (Fsp3) is 0.333. The van der Waals surface area contributed by atoms with E-state index in [0.717, 1.165) is 48.2 Å². The van der Waals surface area contributed by atoms with E-state index in [9.17, 15) is 0 Å². The summed E-state index contributed by atoms with van der Waals surface area (Å²) in [7, 11) is 0. The molecular weight excluding hydrogens is 653 g/mol. The first-order valence-electron chi connectivity index (χ1n) is 12.8. The van der Waals surface area contributed by atoms with Crippen LogP contribution in [-0.2, 0) is 0 Å². The molecule has 0 unspecified atom stereocenters. The first-order chi connectivity index (χ1) is 20.1. The van der Waals surface area contributed by atoms with E-state index < -0.39 is 0 Å². The van der Waals surface area contributed by atoms with Crippen LogP contribution in [0.4, 0.5) is 0 Å². The number of aromatic amines is 1. The highest BCUT2D eigenvalue weighted by molar-refractivity contribution is 7.99. The summed E-state index contributed by atoms with van der Waals surface area (Å²) < 4.78 is 4.22. The molecular formula is C27H30Cl3N9S3. The van der Waals surface area contributed by atoms with Crippen molar-refractivity contribution in [3.8, 4) is 0 Å². The molecule has 0 saturated carbocycles. The van der Waals surface area contributed by atoms with Crippen LogP contribution >= 0.6 is 70.1 Å². The smallest absolute Gasteiger partial charge is 0.132 e. The van der Waals surface area contributed by atoms with Crippen LogP contribution in [0, 0.1) is 0 Å². The summed E-state index contributed by atoms with van der Waals surface area (Å²) in [6, 6.07) is 6.19. The van der Waals surface area contributed by atoms with Gasteiger partial charge in [-0.05, 0) is 46.5 Å². The molecule has 6 rings (SSSR count). The van der Waals surface area contributed by atoms with Gasteiger partial charge in [0.2, 0.25) is 0 Å². The molecule has 42 heavy (non-hydrogen) atoms. The number of fused-ring (bicyclic) bond motifs is 3. The van der Waals surface area contributed by atoms with Gasteiger partial charge in [-0.15, -0.1) is 35.3 Å². The average Bonchev–Trinajstić information content (AvgIpc) is 3.70. The van der Waals surface area contributed by atoms with Gasteiger partial charge >= 0.3 is 0 Å². The molecule has 0 fully saturated rings. The number of rotatable bonds is 5. The molecule has 0 aromatic carbocycles. The summed E-state index contributed by atoms with van der Waals surface area (Å²) in [5.41, 5.74) is 5.77. The zero-order valence-corrected chi connectivity index (χ0v) is 28.8. The Morgan fingerprint density at radius 1 is 0.667 bits per heavy atom. The molecule has 9 nitrogen and oxygen atoms in total. The minimum Gasteiger partial charge on any atom is -0.344 e. The molecule has 6 aromatic rings. The summed E-state index contributed by atoms with van der Waals surface area (Å²) in [6.45, 7) is 8.49. The number of pyridine rings is 3. The molecule has 0 bridgehead atoms. The third-order valence-electron chi connectivity index (χ3n) is 6.02. The molecule has 0 radical (unpaired) electrons. The Bertz CT molecular complexity index is 1810. The van der Waals surface area contributed by atoms with Gasteiger partial charge in [0.15, 0.2) is 0 Å². The van der Waals surface area contributed by atoms with Gasteiger partial charge in [-0.2, -0.15) is 0 Å². The van der Waals surface area contributed by atoms with Crippen molar-refractivity contribution in [1.82, 2.24) is 44.0 Å². The van der Waals surface area contributed by atoms with Gasteiger partial charge in [-0.1, -0.05) is 34.8 Å². The van der Waals surface area contributed by atoms with E-state index in [2.05, 4.69) is 71.7 Å². The van der Waals surface area contributed by atoms with Crippen molar-refractivity contribution >= 4 is 103 Å². The maximum Gasteiger partial charge on any atom is 0.132 e. The molecule has 1 N–H and O–H groups in total. The molecule has 0 atom stereocenters. The molecule has 0 aliphatic rings. The minimum atomic E-state index is 0.378. The average molecular weight is 683 g/mol. The highest BCUT2D eigenvalue weighted by Crippen LogP contribution is 2.29. The maximum absolute atomic E-state index is 5.97. The van der Waals surface area contributed by atoms with Crippen LogP contribution in [-0.4, -0.2) is 62.8 Å². The molecule has 0 spiro atoms. The van der Waals surface area contributed by atoms with Crippen molar-refractivity contribution in [2.24, 2.45) is 0 Å². The Hall–Kier alpha value is -2.22. The standard InChI is InChI=1S/2C10H12ClN3S.C7H6ClN3S/c1-6(2)14-5-12-9-7(14)4-8(11)13-10(9)15-3;1-6(2)14-5-12-7-4-8(11)13-10(15-3)9(7)14;1-12-7-6-4(9-3-10-6)2-5(8)11-7/h2*4-6H,1-3H3;2-3H,1H3,(H,9,10). The van der Waals surface area contributed by atoms with E-state index in [0.29, 0.717) is 27.5 Å². The fourth-order valence-electron chi connectivity index (χ4n) is 4.09. The lowest BCUT2D eigenvalue weighted by atomic mass is 10.3. The van der Waals surface area contributed by atoms with Crippen LogP contribution in [0.5, 0.6) is 0 Å². The summed E-state index contributed by atoms with van der Waals surface area (Å²) in [6.07, 6.45) is 11.2. The number of aromatic nitrogens is 9. The Morgan fingerprint density at radius 3 is 1.83 bits per heavy atom. The molecule has 0 aliphatic heterocycles. The summed E-state index contributed by atoms with van der Waals surface area (Å²) in [5, 5.41) is 4.20. The van der Waals surface area contributed by atoms with Gasteiger partial charge in [0.25, 0.3) is 0 Å². The number of nitrogens with zero attached hydrogens (tertiary/aromatic N) is 8. The summed E-state index contributed by atoms with van der Waals surface area (Å²) in [4.78, 5) is 28.5. The molecule has 0 amide bonds. The summed E-state index contributed by atoms with van der Waals surface area (Å²) in [5.74, 6) is 0.